The van der Waals surface area contributed by atoms with Crippen LogP contribution in [0.2, 0.25) is 0 Å². The molecule has 1 atom stereocenters. The molecule has 1 aromatic heterocycles. The Balaban J connectivity index is 2.64. The van der Waals surface area contributed by atoms with Crippen LogP contribution in [-0.2, 0) is 6.42 Å². The lowest BCUT2D eigenvalue weighted by atomic mass is 10.1. The highest BCUT2D eigenvalue weighted by Gasteiger charge is 2.18. The maximum absolute atomic E-state index is 11.7. The number of carbonyl (C=O) groups excluding carboxylic acids is 1. The summed E-state index contributed by atoms with van der Waals surface area (Å²) in [5.41, 5.74) is 0. The van der Waals surface area contributed by atoms with Crippen molar-refractivity contribution in [3.63, 3.8) is 0 Å². The van der Waals surface area contributed by atoms with Crippen LogP contribution in [0.1, 0.15) is 37.2 Å². The molecule has 1 aromatic rings. The van der Waals surface area contributed by atoms with E-state index in [9.17, 15) is 4.79 Å². The molecular weight excluding hydrogens is 208 g/mol. The van der Waals surface area contributed by atoms with Crippen LogP contribution in [0.25, 0.3) is 0 Å². The van der Waals surface area contributed by atoms with Crippen molar-refractivity contribution in [2.45, 2.75) is 33.2 Å². The van der Waals surface area contributed by atoms with E-state index in [2.05, 4.69) is 20.5 Å². The molecule has 0 aliphatic rings. The Labute approximate surface area is 94.5 Å². The molecule has 0 fully saturated rings. The van der Waals surface area contributed by atoms with E-state index in [-0.39, 0.29) is 30.3 Å². The van der Waals surface area contributed by atoms with E-state index in [1.807, 2.05) is 20.8 Å². The molecule has 1 amide bonds. The van der Waals surface area contributed by atoms with Gasteiger partial charge in [0.1, 0.15) is 5.82 Å². The molecule has 0 aromatic carbocycles. The summed E-state index contributed by atoms with van der Waals surface area (Å²) in [6.07, 6.45) is 0.702. The van der Waals surface area contributed by atoms with Crippen LogP contribution in [0.4, 0.5) is 0 Å². The highest BCUT2D eigenvalue weighted by molar-refractivity contribution is 5.90. The predicted molar refractivity (Wildman–Crippen MR) is 58.9 cm³/mol. The number of aliphatic hydroxyl groups is 1. The smallest absolute Gasteiger partial charge is 0.291 e. The Morgan fingerprint density at radius 3 is 2.69 bits per heavy atom. The molecule has 90 valence electrons. The monoisotopic (exact) mass is 226 g/mol. The number of rotatable bonds is 5. The number of nitrogens with one attached hydrogen (secondary N) is 2. The first-order chi connectivity index (χ1) is 7.58. The lowest BCUT2D eigenvalue weighted by molar-refractivity contribution is 0.0886. The standard InChI is InChI=1S/C10H18N4O2/c1-4-8-12-9(14-13-8)10(16)11-7(5-15)6(2)3/h6-7,15H,4-5H2,1-3H3,(H,11,16)(H,12,13,14)/t7-/m1/s1. The summed E-state index contributed by atoms with van der Waals surface area (Å²) in [6.45, 7) is 5.69. The zero-order valence-electron chi connectivity index (χ0n) is 9.82. The zero-order chi connectivity index (χ0) is 12.1. The number of aliphatic hydroxyl groups excluding tert-OH is 1. The molecule has 1 rings (SSSR count). The maximum Gasteiger partial charge on any atom is 0.291 e. The fourth-order valence-electron chi connectivity index (χ4n) is 1.21. The molecule has 0 radical (unpaired) electrons. The Morgan fingerprint density at radius 1 is 1.56 bits per heavy atom. The van der Waals surface area contributed by atoms with E-state index in [4.69, 9.17) is 5.11 Å². The summed E-state index contributed by atoms with van der Waals surface area (Å²) >= 11 is 0. The third-order valence-corrected chi connectivity index (χ3v) is 2.39. The molecule has 3 N–H and O–H groups in total. The van der Waals surface area contributed by atoms with E-state index < -0.39 is 0 Å². The summed E-state index contributed by atoms with van der Waals surface area (Å²) in [5, 5.41) is 18.2. The fourth-order valence-corrected chi connectivity index (χ4v) is 1.21. The molecule has 0 unspecified atom stereocenters. The van der Waals surface area contributed by atoms with Gasteiger partial charge in [-0.25, -0.2) is 4.98 Å². The number of amides is 1. The lowest BCUT2D eigenvalue weighted by Crippen LogP contribution is -2.41. The summed E-state index contributed by atoms with van der Waals surface area (Å²) in [7, 11) is 0. The van der Waals surface area contributed by atoms with Crippen LogP contribution >= 0.6 is 0 Å². The molecule has 6 heteroatoms. The second-order valence-corrected chi connectivity index (χ2v) is 3.97. The van der Waals surface area contributed by atoms with Crippen molar-refractivity contribution in [2.75, 3.05) is 6.61 Å². The molecule has 0 aliphatic heterocycles. The minimum atomic E-state index is -0.358. The molecule has 0 saturated carbocycles. The summed E-state index contributed by atoms with van der Waals surface area (Å²) < 4.78 is 0. The molecule has 6 nitrogen and oxygen atoms in total. The van der Waals surface area contributed by atoms with Crippen LogP contribution in [-0.4, -0.2) is 38.8 Å². The minimum Gasteiger partial charge on any atom is -0.394 e. The van der Waals surface area contributed by atoms with Gasteiger partial charge in [-0.3, -0.25) is 9.89 Å². The van der Waals surface area contributed by atoms with E-state index in [1.165, 1.54) is 0 Å². The van der Waals surface area contributed by atoms with Crippen molar-refractivity contribution in [1.82, 2.24) is 20.5 Å². The van der Waals surface area contributed by atoms with Crippen LogP contribution in [0.3, 0.4) is 0 Å². The average Bonchev–Trinajstić information content (AvgIpc) is 2.73. The van der Waals surface area contributed by atoms with Crippen molar-refractivity contribution >= 4 is 5.91 Å². The third-order valence-electron chi connectivity index (χ3n) is 2.39. The Kier molecular flexibility index (Phi) is 4.42. The van der Waals surface area contributed by atoms with Crippen LogP contribution in [0, 0.1) is 5.92 Å². The summed E-state index contributed by atoms with van der Waals surface area (Å²) in [4.78, 5) is 15.7. The van der Waals surface area contributed by atoms with Gasteiger partial charge < -0.3 is 10.4 Å². The first kappa shape index (κ1) is 12.6. The number of nitrogens with zero attached hydrogens (tertiary/aromatic N) is 2. The number of aromatic nitrogens is 3. The van der Waals surface area contributed by atoms with Gasteiger partial charge in [0, 0.05) is 6.42 Å². The van der Waals surface area contributed by atoms with Gasteiger partial charge in [0.05, 0.1) is 12.6 Å². The third kappa shape index (κ3) is 3.03. The molecule has 16 heavy (non-hydrogen) atoms. The van der Waals surface area contributed by atoms with Crippen molar-refractivity contribution in [3.8, 4) is 0 Å². The fraction of sp³-hybridized carbons (Fsp3) is 0.700. The first-order valence-corrected chi connectivity index (χ1v) is 5.41. The van der Waals surface area contributed by atoms with E-state index in [0.717, 1.165) is 0 Å². The van der Waals surface area contributed by atoms with E-state index in [0.29, 0.717) is 12.2 Å². The van der Waals surface area contributed by atoms with E-state index >= 15 is 0 Å². The molecular formula is C10H18N4O2. The van der Waals surface area contributed by atoms with Gasteiger partial charge >= 0.3 is 0 Å². The predicted octanol–water partition coefficient (Wildman–Crippen LogP) is 0.114. The molecule has 0 saturated heterocycles. The number of hydrogen-bond acceptors (Lipinski definition) is 4. The second-order valence-electron chi connectivity index (χ2n) is 3.97. The number of hydrogen-bond donors (Lipinski definition) is 3. The van der Waals surface area contributed by atoms with Crippen molar-refractivity contribution < 1.29 is 9.90 Å². The maximum atomic E-state index is 11.7. The Morgan fingerprint density at radius 2 is 2.25 bits per heavy atom. The van der Waals surface area contributed by atoms with Gasteiger partial charge in [0.2, 0.25) is 5.82 Å². The van der Waals surface area contributed by atoms with Crippen molar-refractivity contribution in [2.24, 2.45) is 5.92 Å². The van der Waals surface area contributed by atoms with Gasteiger partial charge in [0.25, 0.3) is 5.91 Å². The van der Waals surface area contributed by atoms with E-state index in [1.54, 1.807) is 0 Å². The topological polar surface area (TPSA) is 90.9 Å². The normalized spacial score (nSPS) is 12.8. The Hall–Kier alpha value is -1.43. The highest BCUT2D eigenvalue weighted by atomic mass is 16.3. The van der Waals surface area contributed by atoms with Gasteiger partial charge in [-0.05, 0) is 5.92 Å². The Bertz CT molecular complexity index is 348. The quantitative estimate of drug-likeness (QED) is 0.664. The van der Waals surface area contributed by atoms with Crippen LogP contribution in [0.5, 0.6) is 0 Å². The van der Waals surface area contributed by atoms with Gasteiger partial charge in [-0.2, -0.15) is 0 Å². The summed E-state index contributed by atoms with van der Waals surface area (Å²) in [6, 6.07) is -0.268. The lowest BCUT2D eigenvalue weighted by Gasteiger charge is -2.18. The molecule has 0 aliphatic carbocycles. The largest absolute Gasteiger partial charge is 0.394 e. The molecule has 0 bridgehead atoms. The first-order valence-electron chi connectivity index (χ1n) is 5.41. The summed E-state index contributed by atoms with van der Waals surface area (Å²) in [5.74, 6) is 0.605. The van der Waals surface area contributed by atoms with Gasteiger partial charge in [-0.1, -0.05) is 20.8 Å². The molecule has 0 spiro atoms. The van der Waals surface area contributed by atoms with Crippen LogP contribution in [0.15, 0.2) is 0 Å². The highest BCUT2D eigenvalue weighted by Crippen LogP contribution is 2.02. The number of carbonyl (C=O) groups is 1. The number of aromatic amines is 1. The van der Waals surface area contributed by atoms with Crippen molar-refractivity contribution in [1.29, 1.82) is 0 Å². The van der Waals surface area contributed by atoms with Gasteiger partial charge in [0.15, 0.2) is 0 Å². The van der Waals surface area contributed by atoms with Gasteiger partial charge in [-0.15, -0.1) is 5.10 Å². The second kappa shape index (κ2) is 5.60. The zero-order valence-corrected chi connectivity index (χ0v) is 9.82. The average molecular weight is 226 g/mol. The SMILES string of the molecule is CCc1nc(C(=O)N[C@H](CO)C(C)C)n[nH]1. The number of aryl methyl sites for hydroxylation is 1. The van der Waals surface area contributed by atoms with Crippen LogP contribution < -0.4 is 5.32 Å². The molecule has 1 heterocycles. The van der Waals surface area contributed by atoms with Crippen molar-refractivity contribution in [3.05, 3.63) is 11.6 Å². The minimum absolute atomic E-state index is 0.0888. The number of H-pyrrole nitrogens is 1.